The Hall–Kier alpha value is -5.55. The SMILES string of the molecule is COc1ccc2c(c1)CC(/C=C/C1=C(c3ccc(CCC(=O)NCCCCCNC(=O)C(C)C)cc3)C(=C/C=C3/N(CCCCS(=O)(=O)O)c4ccc(OC)cc4C3(C)C)/CCC1)=[N+]2CCCCS(=O)(=O)O. The van der Waals surface area contributed by atoms with Crippen LogP contribution in [0, 0.1) is 5.92 Å². The van der Waals surface area contributed by atoms with Gasteiger partial charge in [-0.2, -0.15) is 21.4 Å². The lowest BCUT2D eigenvalue weighted by molar-refractivity contribution is -0.437. The maximum absolute atomic E-state index is 12.9. The lowest BCUT2D eigenvalue weighted by Gasteiger charge is -2.28. The number of carbonyl (C=O) groups excluding carboxylic acids is 2. The Morgan fingerprint density at radius 1 is 0.792 bits per heavy atom. The molecule has 6 rings (SSSR count). The second-order valence-corrected chi connectivity index (χ2v) is 23.0. The van der Waals surface area contributed by atoms with Crippen LogP contribution in [0.4, 0.5) is 11.4 Å². The molecule has 3 aromatic rings. The molecule has 2 heterocycles. The summed E-state index contributed by atoms with van der Waals surface area (Å²) in [4.78, 5) is 26.9. The van der Waals surface area contributed by atoms with Crippen LogP contribution in [0.5, 0.6) is 11.5 Å². The van der Waals surface area contributed by atoms with Crippen LogP contribution in [0.2, 0.25) is 0 Å². The molecule has 0 spiro atoms. The van der Waals surface area contributed by atoms with Gasteiger partial charge in [0, 0.05) is 72.9 Å². The summed E-state index contributed by atoms with van der Waals surface area (Å²) in [5.74, 6) is 0.954. The van der Waals surface area contributed by atoms with Gasteiger partial charge in [-0.1, -0.05) is 64.1 Å². The molecule has 0 bridgehead atoms. The molecule has 0 fully saturated rings. The Labute approximate surface area is 427 Å². The number of methoxy groups -OCH3 is 2. The first-order valence-electron chi connectivity index (χ1n) is 25.4. The van der Waals surface area contributed by atoms with Crippen LogP contribution in [0.25, 0.3) is 5.57 Å². The highest BCUT2D eigenvalue weighted by molar-refractivity contribution is 7.86. The van der Waals surface area contributed by atoms with Crippen molar-refractivity contribution in [3.05, 3.63) is 124 Å². The molecule has 0 radical (unpaired) electrons. The molecule has 2 amide bonds. The highest BCUT2D eigenvalue weighted by atomic mass is 32.2. The molecule has 0 saturated heterocycles. The standard InChI is InChI=1S/C56H74N4O10S2/c1-40(2)55(62)58-32-9-7-8-31-57-53(61)30-19-41-17-20-44(21-18-41)54-42(22-24-46-37-45-38-47(69-5)25-27-50(45)59(46)33-10-12-35-71(63,64)65)15-14-16-43(54)23-29-52-56(3,4)49-39-48(70-6)26-28-51(49)60(52)34-11-13-36-72(66,67)68/h17-18,20-29,38-40H,7-16,19,30-37H2,1-6H3,(H3-,57,58,61,62,63,64,65,66,67,68)/p+1. The Morgan fingerprint density at radius 2 is 1.46 bits per heavy atom. The summed E-state index contributed by atoms with van der Waals surface area (Å²) in [5, 5.41) is 5.99. The van der Waals surface area contributed by atoms with Crippen molar-refractivity contribution in [2.75, 3.05) is 56.8 Å². The van der Waals surface area contributed by atoms with E-state index >= 15 is 0 Å². The molecule has 72 heavy (non-hydrogen) atoms. The number of hydrogen-bond acceptors (Lipinski definition) is 9. The molecule has 3 aliphatic rings. The normalized spacial score (nSPS) is 16.8. The first-order chi connectivity index (χ1) is 34.3. The number of aryl methyl sites for hydroxylation is 1. The predicted molar refractivity (Wildman–Crippen MR) is 287 cm³/mol. The van der Waals surface area contributed by atoms with Crippen molar-refractivity contribution in [2.24, 2.45) is 5.92 Å². The molecule has 0 saturated carbocycles. The maximum atomic E-state index is 12.9. The summed E-state index contributed by atoms with van der Waals surface area (Å²) >= 11 is 0. The molecular formula is C56H75N4O10S2+. The number of benzene rings is 3. The molecule has 14 nitrogen and oxygen atoms in total. The zero-order valence-electron chi connectivity index (χ0n) is 43.0. The molecule has 0 unspecified atom stereocenters. The summed E-state index contributed by atoms with van der Waals surface area (Å²) in [6.07, 6.45) is 17.5. The fourth-order valence-corrected chi connectivity index (χ4v) is 11.0. The minimum absolute atomic E-state index is 0.00763. The van der Waals surface area contributed by atoms with Crippen molar-refractivity contribution in [3.63, 3.8) is 0 Å². The van der Waals surface area contributed by atoms with Crippen molar-refractivity contribution >= 4 is 54.7 Å². The number of carbonyl (C=O) groups is 2. The monoisotopic (exact) mass is 1030 g/mol. The molecule has 1 aliphatic carbocycles. The van der Waals surface area contributed by atoms with Gasteiger partial charge in [0.25, 0.3) is 20.2 Å². The lowest BCUT2D eigenvalue weighted by Crippen LogP contribution is -2.28. The van der Waals surface area contributed by atoms with Gasteiger partial charge in [-0.25, -0.2) is 0 Å². The second-order valence-electron chi connectivity index (χ2n) is 19.8. The van der Waals surface area contributed by atoms with Gasteiger partial charge < -0.3 is 25.0 Å². The molecule has 3 aromatic carbocycles. The van der Waals surface area contributed by atoms with Gasteiger partial charge in [-0.15, -0.1) is 0 Å². The second kappa shape index (κ2) is 25.4. The highest BCUT2D eigenvalue weighted by Gasteiger charge is 2.40. The van der Waals surface area contributed by atoms with Crippen molar-refractivity contribution < 1.29 is 49.6 Å². The fraction of sp³-hybridized carbons (Fsp3) is 0.482. The summed E-state index contributed by atoms with van der Waals surface area (Å²) in [5.41, 5.74) is 11.6. The van der Waals surface area contributed by atoms with E-state index < -0.39 is 25.7 Å². The van der Waals surface area contributed by atoms with Crippen LogP contribution < -0.4 is 25.0 Å². The van der Waals surface area contributed by atoms with Crippen LogP contribution in [-0.4, -0.2) is 99.9 Å². The quantitative estimate of drug-likeness (QED) is 0.0340. The van der Waals surface area contributed by atoms with Crippen molar-refractivity contribution in [2.45, 2.75) is 117 Å². The van der Waals surface area contributed by atoms with Crippen LogP contribution in [-0.2, 0) is 48.1 Å². The number of amides is 2. The minimum atomic E-state index is -4.08. The number of allylic oxidation sites excluding steroid dienone is 8. The molecule has 2 aliphatic heterocycles. The van der Waals surface area contributed by atoms with Gasteiger partial charge in [-0.3, -0.25) is 18.7 Å². The molecule has 0 aromatic heterocycles. The summed E-state index contributed by atoms with van der Waals surface area (Å²) in [6.45, 7) is 10.5. The number of nitrogens with one attached hydrogen (secondary N) is 2. The van der Waals surface area contributed by atoms with E-state index in [1.54, 1.807) is 14.2 Å². The van der Waals surface area contributed by atoms with E-state index in [2.05, 4.69) is 94.7 Å². The van der Waals surface area contributed by atoms with Crippen LogP contribution in [0.1, 0.15) is 121 Å². The average Bonchev–Trinajstić information content (AvgIpc) is 3.79. The van der Waals surface area contributed by atoms with Gasteiger partial charge in [0.1, 0.15) is 18.0 Å². The Bertz CT molecular complexity index is 2810. The smallest absolute Gasteiger partial charge is 0.264 e. The minimum Gasteiger partial charge on any atom is -0.497 e. The first-order valence-corrected chi connectivity index (χ1v) is 28.6. The third kappa shape index (κ3) is 15.5. The number of hydrogen-bond donors (Lipinski definition) is 4. The molecular weight excluding hydrogens is 953 g/mol. The average molecular weight is 1030 g/mol. The Morgan fingerprint density at radius 3 is 2.14 bits per heavy atom. The highest BCUT2D eigenvalue weighted by Crippen LogP contribution is 2.49. The van der Waals surface area contributed by atoms with Gasteiger partial charge in [0.05, 0.1) is 32.1 Å². The number of rotatable bonds is 26. The van der Waals surface area contributed by atoms with E-state index in [9.17, 15) is 35.5 Å². The van der Waals surface area contributed by atoms with Gasteiger partial charge >= 0.3 is 0 Å². The van der Waals surface area contributed by atoms with E-state index in [-0.39, 0.29) is 29.2 Å². The zero-order chi connectivity index (χ0) is 52.1. The van der Waals surface area contributed by atoms with Crippen molar-refractivity contribution in [1.82, 2.24) is 10.6 Å². The van der Waals surface area contributed by atoms with E-state index in [0.29, 0.717) is 71.1 Å². The van der Waals surface area contributed by atoms with Gasteiger partial charge in [0.2, 0.25) is 17.5 Å². The van der Waals surface area contributed by atoms with Crippen LogP contribution in [0.3, 0.4) is 0 Å². The molecule has 16 heteroatoms. The number of nitrogens with zero attached hydrogens (tertiary/aromatic N) is 2. The number of ether oxygens (including phenoxy) is 2. The number of anilines is 1. The third-order valence-electron chi connectivity index (χ3n) is 13.8. The Kier molecular flexibility index (Phi) is 19.7. The summed E-state index contributed by atoms with van der Waals surface area (Å²) < 4.78 is 78.7. The van der Waals surface area contributed by atoms with E-state index in [1.807, 2.05) is 38.1 Å². The lowest BCUT2D eigenvalue weighted by atomic mass is 9.81. The zero-order valence-corrected chi connectivity index (χ0v) is 44.6. The summed E-state index contributed by atoms with van der Waals surface area (Å²) in [6, 6.07) is 20.6. The third-order valence-corrected chi connectivity index (χ3v) is 15.4. The van der Waals surface area contributed by atoms with Crippen molar-refractivity contribution in [1.29, 1.82) is 0 Å². The maximum Gasteiger partial charge on any atom is 0.264 e. The van der Waals surface area contributed by atoms with E-state index in [1.165, 1.54) is 11.1 Å². The number of unbranched alkanes of at least 4 members (excludes halogenated alkanes) is 4. The van der Waals surface area contributed by atoms with E-state index in [0.717, 1.165) is 101 Å². The van der Waals surface area contributed by atoms with Crippen LogP contribution >= 0.6 is 0 Å². The van der Waals surface area contributed by atoms with Gasteiger partial charge in [0.15, 0.2) is 5.71 Å². The first kappa shape index (κ1) is 55.8. The topological polar surface area (TPSA) is 192 Å². The fourth-order valence-electron chi connectivity index (χ4n) is 9.84. The van der Waals surface area contributed by atoms with Gasteiger partial charge in [-0.05, 0) is 134 Å². The molecule has 4 N–H and O–H groups in total. The molecule has 0 atom stereocenters. The van der Waals surface area contributed by atoms with E-state index in [4.69, 9.17) is 9.47 Å². The van der Waals surface area contributed by atoms with Crippen LogP contribution in [0.15, 0.2) is 102 Å². The Balaban J connectivity index is 1.31. The largest absolute Gasteiger partial charge is 0.497 e. The number of fused-ring (bicyclic) bond motifs is 2. The predicted octanol–water partition coefficient (Wildman–Crippen LogP) is 9.47. The molecule has 390 valence electrons. The summed E-state index contributed by atoms with van der Waals surface area (Å²) in [7, 11) is -4.85. The van der Waals surface area contributed by atoms with Crippen molar-refractivity contribution in [3.8, 4) is 11.5 Å².